The van der Waals surface area contributed by atoms with E-state index >= 15 is 0 Å². The van der Waals surface area contributed by atoms with Crippen LogP contribution < -0.4 is 19.7 Å². The number of nitrogens with zero attached hydrogens (tertiary/aromatic N) is 3. The van der Waals surface area contributed by atoms with Crippen molar-refractivity contribution >= 4 is 28.2 Å². The largest absolute Gasteiger partial charge is 0.486 e. The first kappa shape index (κ1) is 15.1. The number of rotatable bonds is 2. The SMILES string of the molecule is O=C(Nc1ccc2c(c1)OCCO2)N1CCN(c2nccs2)CC1. The highest BCUT2D eigenvalue weighted by Gasteiger charge is 2.22. The fourth-order valence-electron chi connectivity index (χ4n) is 2.80. The zero-order chi connectivity index (χ0) is 16.4. The van der Waals surface area contributed by atoms with E-state index in [1.807, 2.05) is 22.4 Å². The number of aromatic nitrogens is 1. The van der Waals surface area contributed by atoms with Gasteiger partial charge in [-0.25, -0.2) is 9.78 Å². The Morgan fingerprint density at radius 3 is 2.67 bits per heavy atom. The van der Waals surface area contributed by atoms with Gasteiger partial charge in [-0.1, -0.05) is 0 Å². The van der Waals surface area contributed by atoms with Crippen molar-refractivity contribution < 1.29 is 14.3 Å². The zero-order valence-corrected chi connectivity index (χ0v) is 13.9. The number of anilines is 2. The number of ether oxygens (including phenoxy) is 2. The molecule has 2 aliphatic rings. The minimum Gasteiger partial charge on any atom is -0.486 e. The summed E-state index contributed by atoms with van der Waals surface area (Å²) in [6, 6.07) is 5.37. The van der Waals surface area contributed by atoms with Crippen LogP contribution in [0.25, 0.3) is 0 Å². The topological polar surface area (TPSA) is 66.9 Å². The lowest BCUT2D eigenvalue weighted by Gasteiger charge is -2.34. The molecule has 2 amide bonds. The second-order valence-corrected chi connectivity index (χ2v) is 6.45. The molecule has 2 aromatic rings. The molecule has 24 heavy (non-hydrogen) atoms. The Balaban J connectivity index is 1.35. The summed E-state index contributed by atoms with van der Waals surface area (Å²) in [7, 11) is 0. The standard InChI is InChI=1S/C16H18N4O3S/c21-15(18-12-1-2-13-14(11-12)23-9-8-22-13)19-4-6-20(7-5-19)16-17-3-10-24-16/h1-3,10-11H,4-9H2,(H,18,21). The quantitative estimate of drug-likeness (QED) is 0.904. The number of hydrogen-bond acceptors (Lipinski definition) is 6. The maximum atomic E-state index is 12.4. The first-order valence-electron chi connectivity index (χ1n) is 7.89. The number of carbonyl (C=O) groups excluding carboxylic acids is 1. The molecule has 1 aromatic carbocycles. The molecule has 8 heteroatoms. The Kier molecular flexibility index (Phi) is 4.12. The number of carbonyl (C=O) groups is 1. The van der Waals surface area contributed by atoms with Gasteiger partial charge in [0.05, 0.1) is 0 Å². The van der Waals surface area contributed by atoms with Crippen molar-refractivity contribution in [3.05, 3.63) is 29.8 Å². The second-order valence-electron chi connectivity index (χ2n) is 5.58. The maximum Gasteiger partial charge on any atom is 0.321 e. The maximum absolute atomic E-state index is 12.4. The van der Waals surface area contributed by atoms with E-state index in [1.165, 1.54) is 0 Å². The van der Waals surface area contributed by atoms with Crippen LogP contribution in [0.1, 0.15) is 0 Å². The Labute approximate surface area is 143 Å². The van der Waals surface area contributed by atoms with Crippen molar-refractivity contribution in [2.24, 2.45) is 0 Å². The molecule has 7 nitrogen and oxygen atoms in total. The minimum absolute atomic E-state index is 0.0922. The smallest absolute Gasteiger partial charge is 0.321 e. The number of hydrogen-bond donors (Lipinski definition) is 1. The molecule has 1 N–H and O–H groups in total. The number of thiazole rings is 1. The lowest BCUT2D eigenvalue weighted by atomic mass is 10.2. The highest BCUT2D eigenvalue weighted by atomic mass is 32.1. The molecule has 0 spiro atoms. The number of urea groups is 1. The van der Waals surface area contributed by atoms with E-state index in [1.54, 1.807) is 23.6 Å². The van der Waals surface area contributed by atoms with Crippen LogP contribution >= 0.6 is 11.3 Å². The van der Waals surface area contributed by atoms with E-state index in [0.29, 0.717) is 37.7 Å². The van der Waals surface area contributed by atoms with Gasteiger partial charge in [-0.2, -0.15) is 0 Å². The average molecular weight is 346 g/mol. The number of piperazine rings is 1. The fraction of sp³-hybridized carbons (Fsp3) is 0.375. The van der Waals surface area contributed by atoms with Gasteiger partial charge in [-0.3, -0.25) is 0 Å². The summed E-state index contributed by atoms with van der Waals surface area (Å²) in [5, 5.41) is 5.92. The summed E-state index contributed by atoms with van der Waals surface area (Å²) >= 11 is 1.62. The molecule has 126 valence electrons. The molecule has 0 saturated carbocycles. The molecule has 2 aliphatic heterocycles. The third-order valence-electron chi connectivity index (χ3n) is 4.05. The van der Waals surface area contributed by atoms with Gasteiger partial charge in [-0.15, -0.1) is 11.3 Å². The Hall–Kier alpha value is -2.48. The predicted molar refractivity (Wildman–Crippen MR) is 92.4 cm³/mol. The van der Waals surface area contributed by atoms with Crippen molar-refractivity contribution in [2.75, 3.05) is 49.6 Å². The third-order valence-corrected chi connectivity index (χ3v) is 4.88. The summed E-state index contributed by atoms with van der Waals surface area (Å²) in [4.78, 5) is 20.8. The summed E-state index contributed by atoms with van der Waals surface area (Å²) in [5.74, 6) is 1.39. The number of benzene rings is 1. The van der Waals surface area contributed by atoms with Gasteiger partial charge in [0.1, 0.15) is 13.2 Å². The molecule has 0 unspecified atom stereocenters. The number of amides is 2. The van der Waals surface area contributed by atoms with Crippen molar-refractivity contribution in [3.63, 3.8) is 0 Å². The van der Waals surface area contributed by atoms with E-state index in [0.717, 1.165) is 24.0 Å². The first-order valence-corrected chi connectivity index (χ1v) is 8.77. The molecular weight excluding hydrogens is 328 g/mol. The molecule has 3 heterocycles. The van der Waals surface area contributed by atoms with Crippen LogP contribution in [0.4, 0.5) is 15.6 Å². The van der Waals surface area contributed by atoms with Crippen molar-refractivity contribution in [1.29, 1.82) is 0 Å². The van der Waals surface area contributed by atoms with Crippen LogP contribution in [0.5, 0.6) is 11.5 Å². The Bertz CT molecular complexity index is 714. The van der Waals surface area contributed by atoms with Crippen molar-refractivity contribution in [1.82, 2.24) is 9.88 Å². The first-order chi connectivity index (χ1) is 11.8. The van der Waals surface area contributed by atoms with Gasteiger partial charge in [0.15, 0.2) is 16.6 Å². The fourth-order valence-corrected chi connectivity index (χ4v) is 3.49. The van der Waals surface area contributed by atoms with Gasteiger partial charge in [0.25, 0.3) is 0 Å². The van der Waals surface area contributed by atoms with Crippen molar-refractivity contribution in [3.8, 4) is 11.5 Å². The number of fused-ring (bicyclic) bond motifs is 1. The monoisotopic (exact) mass is 346 g/mol. The van der Waals surface area contributed by atoms with E-state index < -0.39 is 0 Å². The normalized spacial score (nSPS) is 16.8. The highest BCUT2D eigenvalue weighted by molar-refractivity contribution is 7.13. The number of nitrogens with one attached hydrogen (secondary N) is 1. The molecular formula is C16H18N4O3S. The average Bonchev–Trinajstić information content (AvgIpc) is 3.16. The van der Waals surface area contributed by atoms with Gasteiger partial charge in [0.2, 0.25) is 0 Å². The lowest BCUT2D eigenvalue weighted by Crippen LogP contribution is -2.50. The summed E-state index contributed by atoms with van der Waals surface area (Å²) in [6.07, 6.45) is 1.81. The molecule has 1 aromatic heterocycles. The van der Waals surface area contributed by atoms with Gasteiger partial charge in [0, 0.05) is 49.5 Å². The van der Waals surface area contributed by atoms with Gasteiger partial charge >= 0.3 is 6.03 Å². The van der Waals surface area contributed by atoms with E-state index in [2.05, 4.69) is 15.2 Å². The van der Waals surface area contributed by atoms with E-state index in [4.69, 9.17) is 9.47 Å². The van der Waals surface area contributed by atoms with Crippen LogP contribution in [-0.2, 0) is 0 Å². The van der Waals surface area contributed by atoms with Crippen molar-refractivity contribution in [2.45, 2.75) is 0 Å². The third kappa shape index (κ3) is 3.09. The van der Waals surface area contributed by atoms with Gasteiger partial charge in [-0.05, 0) is 12.1 Å². The van der Waals surface area contributed by atoms with E-state index in [9.17, 15) is 4.79 Å². The minimum atomic E-state index is -0.0922. The summed E-state index contributed by atoms with van der Waals surface area (Å²) in [5.41, 5.74) is 0.714. The lowest BCUT2D eigenvalue weighted by molar-refractivity contribution is 0.171. The molecule has 0 aliphatic carbocycles. The molecule has 0 atom stereocenters. The van der Waals surface area contributed by atoms with Crippen LogP contribution in [0.15, 0.2) is 29.8 Å². The Morgan fingerprint density at radius 2 is 1.92 bits per heavy atom. The Morgan fingerprint density at radius 1 is 1.12 bits per heavy atom. The molecule has 1 saturated heterocycles. The van der Waals surface area contributed by atoms with Crippen LogP contribution in [-0.4, -0.2) is 55.3 Å². The van der Waals surface area contributed by atoms with Crippen LogP contribution in [0, 0.1) is 0 Å². The van der Waals surface area contributed by atoms with E-state index in [-0.39, 0.29) is 6.03 Å². The van der Waals surface area contributed by atoms with Crippen LogP contribution in [0.3, 0.4) is 0 Å². The molecule has 1 fully saturated rings. The zero-order valence-electron chi connectivity index (χ0n) is 13.1. The molecule has 0 bridgehead atoms. The highest BCUT2D eigenvalue weighted by Crippen LogP contribution is 2.32. The molecule has 0 radical (unpaired) electrons. The second kappa shape index (κ2) is 6.56. The van der Waals surface area contributed by atoms with Crippen LogP contribution in [0.2, 0.25) is 0 Å². The predicted octanol–water partition coefficient (Wildman–Crippen LogP) is 2.27. The summed E-state index contributed by atoms with van der Waals surface area (Å²) in [6.45, 7) is 4.03. The molecule has 4 rings (SSSR count). The van der Waals surface area contributed by atoms with Gasteiger partial charge < -0.3 is 24.6 Å². The summed E-state index contributed by atoms with van der Waals surface area (Å²) < 4.78 is 11.0.